The molecule has 1 aliphatic carbocycles. The first-order valence-corrected chi connectivity index (χ1v) is 10.1. The Morgan fingerprint density at radius 3 is 2.68 bits per heavy atom. The van der Waals surface area contributed by atoms with Gasteiger partial charge in [0.05, 0.1) is 0 Å². The van der Waals surface area contributed by atoms with Crippen molar-refractivity contribution < 1.29 is 9.90 Å². The topological polar surface area (TPSA) is 80.0 Å². The van der Waals surface area contributed by atoms with Crippen LogP contribution in [0.4, 0.5) is 4.79 Å². The Morgan fingerprint density at radius 2 is 1.93 bits per heavy atom. The first kappa shape index (κ1) is 18.5. The van der Waals surface area contributed by atoms with Crippen molar-refractivity contribution in [3.8, 4) is 5.69 Å². The minimum atomic E-state index is -0.987. The van der Waals surface area contributed by atoms with E-state index in [4.69, 9.17) is 10.1 Å². The molecular formula is C22H26N4O2. The number of carbonyl (C=O) groups is 1. The molecule has 2 aromatic heterocycles. The Balaban J connectivity index is 1.57. The average Bonchev–Trinajstić information content (AvgIpc) is 3.34. The molecule has 0 radical (unpaired) electrons. The summed E-state index contributed by atoms with van der Waals surface area (Å²) in [7, 11) is 0. The van der Waals surface area contributed by atoms with E-state index < -0.39 is 6.09 Å². The largest absolute Gasteiger partial charge is 0.465 e. The molecule has 4 rings (SSSR count). The molecule has 0 unspecified atom stereocenters. The Morgan fingerprint density at radius 1 is 1.14 bits per heavy atom. The highest BCUT2D eigenvalue weighted by Crippen LogP contribution is 2.29. The van der Waals surface area contributed by atoms with Crippen LogP contribution in [0.5, 0.6) is 0 Å². The normalized spacial score (nSPS) is 14.6. The van der Waals surface area contributed by atoms with Crippen LogP contribution in [0.15, 0.2) is 42.6 Å². The zero-order valence-electron chi connectivity index (χ0n) is 16.0. The third kappa shape index (κ3) is 4.16. The number of carboxylic acid groups (broad SMARTS) is 1. The van der Waals surface area contributed by atoms with Crippen LogP contribution < -0.4 is 5.32 Å². The summed E-state index contributed by atoms with van der Waals surface area (Å²) in [5, 5.41) is 11.1. The second-order valence-electron chi connectivity index (χ2n) is 7.55. The highest BCUT2D eigenvalue weighted by Gasteiger charge is 2.18. The molecule has 1 aliphatic rings. The molecule has 6 heteroatoms. The minimum Gasteiger partial charge on any atom is -0.465 e. The van der Waals surface area contributed by atoms with Gasteiger partial charge in [0, 0.05) is 24.8 Å². The van der Waals surface area contributed by atoms with E-state index >= 15 is 0 Å². The number of hydrogen-bond acceptors (Lipinski definition) is 3. The quantitative estimate of drug-likeness (QED) is 0.640. The van der Waals surface area contributed by atoms with Crippen LogP contribution in [-0.4, -0.2) is 32.3 Å². The summed E-state index contributed by atoms with van der Waals surface area (Å²) in [6.07, 6.45) is 9.06. The molecule has 28 heavy (non-hydrogen) atoms. The van der Waals surface area contributed by atoms with Gasteiger partial charge in [-0.2, -0.15) is 0 Å². The van der Waals surface area contributed by atoms with Crippen molar-refractivity contribution in [2.45, 2.75) is 44.9 Å². The third-order valence-electron chi connectivity index (χ3n) is 5.62. The molecule has 0 atom stereocenters. The van der Waals surface area contributed by atoms with Crippen LogP contribution in [0, 0.1) is 5.92 Å². The van der Waals surface area contributed by atoms with Gasteiger partial charge in [0.2, 0.25) is 0 Å². The SMILES string of the molecule is O=C(O)NCCc1ccc(-n2c(CCC3CCCC3)nc3cccnc32)cc1. The number of amides is 1. The van der Waals surface area contributed by atoms with Gasteiger partial charge in [-0.25, -0.2) is 14.8 Å². The average molecular weight is 378 g/mol. The number of hydrogen-bond donors (Lipinski definition) is 2. The van der Waals surface area contributed by atoms with Crippen LogP contribution in [0.1, 0.15) is 43.5 Å². The number of nitrogens with zero attached hydrogens (tertiary/aromatic N) is 3. The van der Waals surface area contributed by atoms with Gasteiger partial charge in [0.1, 0.15) is 11.3 Å². The number of imidazole rings is 1. The van der Waals surface area contributed by atoms with E-state index in [1.807, 2.05) is 30.5 Å². The zero-order valence-corrected chi connectivity index (χ0v) is 16.0. The Hall–Kier alpha value is -2.89. The summed E-state index contributed by atoms with van der Waals surface area (Å²) in [6.45, 7) is 0.414. The van der Waals surface area contributed by atoms with E-state index in [0.29, 0.717) is 13.0 Å². The van der Waals surface area contributed by atoms with Gasteiger partial charge in [0.25, 0.3) is 0 Å². The maximum Gasteiger partial charge on any atom is 0.404 e. The van der Waals surface area contributed by atoms with E-state index in [-0.39, 0.29) is 0 Å². The molecule has 1 aromatic carbocycles. The van der Waals surface area contributed by atoms with Crippen LogP contribution in [0.25, 0.3) is 16.9 Å². The van der Waals surface area contributed by atoms with Gasteiger partial charge in [-0.1, -0.05) is 37.8 Å². The number of nitrogens with one attached hydrogen (secondary N) is 1. The van der Waals surface area contributed by atoms with Gasteiger partial charge in [-0.15, -0.1) is 0 Å². The molecule has 2 heterocycles. The molecule has 2 N–H and O–H groups in total. The molecule has 146 valence electrons. The summed E-state index contributed by atoms with van der Waals surface area (Å²) >= 11 is 0. The van der Waals surface area contributed by atoms with E-state index in [1.54, 1.807) is 0 Å². The van der Waals surface area contributed by atoms with E-state index in [2.05, 4.69) is 27.0 Å². The Labute approximate surface area is 164 Å². The standard InChI is InChI=1S/C22H26N4O2/c27-22(28)24-15-13-17-7-10-18(11-8-17)26-20(12-9-16-4-1-2-5-16)25-19-6-3-14-23-21(19)26/h3,6-8,10-11,14,16,24H,1-2,4-5,9,12-13,15H2,(H,27,28). The van der Waals surface area contributed by atoms with Crippen molar-refractivity contribution >= 4 is 17.3 Å². The Bertz CT molecular complexity index is 943. The predicted octanol–water partition coefficient (Wildman–Crippen LogP) is 4.35. The lowest BCUT2D eigenvalue weighted by molar-refractivity contribution is 0.194. The fourth-order valence-electron chi connectivity index (χ4n) is 4.16. The Kier molecular flexibility index (Phi) is 5.55. The number of aromatic nitrogens is 3. The van der Waals surface area contributed by atoms with Crippen molar-refractivity contribution in [3.05, 3.63) is 54.0 Å². The maximum absolute atomic E-state index is 10.6. The van der Waals surface area contributed by atoms with Gasteiger partial charge in [0.15, 0.2) is 5.65 Å². The van der Waals surface area contributed by atoms with Crippen LogP contribution in [0.2, 0.25) is 0 Å². The van der Waals surface area contributed by atoms with Gasteiger partial charge >= 0.3 is 6.09 Å². The van der Waals surface area contributed by atoms with Gasteiger partial charge in [-0.3, -0.25) is 4.57 Å². The molecular weight excluding hydrogens is 352 g/mol. The molecule has 1 amide bonds. The van der Waals surface area contributed by atoms with E-state index in [1.165, 1.54) is 32.1 Å². The van der Waals surface area contributed by atoms with Crippen molar-refractivity contribution in [2.24, 2.45) is 5.92 Å². The molecule has 6 nitrogen and oxygen atoms in total. The second-order valence-corrected chi connectivity index (χ2v) is 7.55. The highest BCUT2D eigenvalue weighted by molar-refractivity contribution is 5.73. The lowest BCUT2D eigenvalue weighted by Crippen LogP contribution is -2.23. The van der Waals surface area contributed by atoms with Crippen molar-refractivity contribution in [1.82, 2.24) is 19.9 Å². The molecule has 0 spiro atoms. The molecule has 0 saturated heterocycles. The van der Waals surface area contributed by atoms with Crippen molar-refractivity contribution in [3.63, 3.8) is 0 Å². The van der Waals surface area contributed by atoms with Crippen LogP contribution >= 0.6 is 0 Å². The smallest absolute Gasteiger partial charge is 0.404 e. The minimum absolute atomic E-state index is 0.414. The molecule has 3 aromatic rings. The van der Waals surface area contributed by atoms with E-state index in [9.17, 15) is 4.79 Å². The zero-order chi connectivity index (χ0) is 19.3. The molecule has 0 bridgehead atoms. The number of pyridine rings is 1. The van der Waals surface area contributed by atoms with Crippen molar-refractivity contribution in [1.29, 1.82) is 0 Å². The number of fused-ring (bicyclic) bond motifs is 1. The lowest BCUT2D eigenvalue weighted by Gasteiger charge is -2.12. The number of benzene rings is 1. The summed E-state index contributed by atoms with van der Waals surface area (Å²) < 4.78 is 2.17. The monoisotopic (exact) mass is 378 g/mol. The third-order valence-corrected chi connectivity index (χ3v) is 5.62. The molecule has 1 fully saturated rings. The summed E-state index contributed by atoms with van der Waals surface area (Å²) in [5.74, 6) is 1.89. The van der Waals surface area contributed by atoms with E-state index in [0.717, 1.165) is 40.6 Å². The van der Waals surface area contributed by atoms with Gasteiger partial charge in [-0.05, 0) is 48.6 Å². The van der Waals surface area contributed by atoms with Gasteiger partial charge < -0.3 is 10.4 Å². The second kappa shape index (κ2) is 8.42. The first-order valence-electron chi connectivity index (χ1n) is 10.1. The highest BCUT2D eigenvalue weighted by atomic mass is 16.4. The summed E-state index contributed by atoms with van der Waals surface area (Å²) in [5.41, 5.74) is 3.97. The fraction of sp³-hybridized carbons (Fsp3) is 0.409. The molecule has 0 aliphatic heterocycles. The maximum atomic E-state index is 10.6. The number of rotatable bonds is 7. The predicted molar refractivity (Wildman–Crippen MR) is 109 cm³/mol. The first-order chi connectivity index (χ1) is 13.7. The summed E-state index contributed by atoms with van der Waals surface area (Å²) in [6, 6.07) is 12.2. The fourth-order valence-corrected chi connectivity index (χ4v) is 4.16. The lowest BCUT2D eigenvalue weighted by atomic mass is 10.0. The van der Waals surface area contributed by atoms with Crippen molar-refractivity contribution in [2.75, 3.05) is 6.54 Å². The summed E-state index contributed by atoms with van der Waals surface area (Å²) in [4.78, 5) is 20.0. The van der Waals surface area contributed by atoms with Crippen LogP contribution in [0.3, 0.4) is 0 Å². The molecule has 1 saturated carbocycles. The van der Waals surface area contributed by atoms with Crippen LogP contribution in [-0.2, 0) is 12.8 Å². The number of aryl methyl sites for hydroxylation is 1.